The Morgan fingerprint density at radius 3 is 0.771 bits per heavy atom. The minimum atomic E-state index is -1.68. The van der Waals surface area contributed by atoms with E-state index >= 15 is 0 Å². The van der Waals surface area contributed by atoms with Crippen molar-refractivity contribution in [2.24, 2.45) is 21.7 Å². The Morgan fingerprint density at radius 1 is 0.295 bits per heavy atom. The van der Waals surface area contributed by atoms with Gasteiger partial charge in [0.1, 0.15) is 79.3 Å². The molecule has 1 N–H and O–H groups in total. The summed E-state index contributed by atoms with van der Waals surface area (Å²) in [7, 11) is 0. The van der Waals surface area contributed by atoms with Gasteiger partial charge in [0.05, 0.1) is 48.1 Å². The number of carbonyl (C=O) groups excluding carboxylic acids is 12. The van der Waals surface area contributed by atoms with E-state index in [1.807, 2.05) is 6.92 Å². The summed E-state index contributed by atoms with van der Waals surface area (Å²) in [4.78, 5) is 190. The lowest BCUT2D eigenvalue weighted by molar-refractivity contribution is -0.173. The molecule has 0 spiro atoms. The van der Waals surface area contributed by atoms with Crippen molar-refractivity contribution in [3.05, 3.63) is 158 Å². The van der Waals surface area contributed by atoms with Crippen LogP contribution in [-0.2, 0) is 139 Å². The first kappa shape index (κ1) is 92.2. The number of esters is 11. The van der Waals surface area contributed by atoms with Crippen molar-refractivity contribution in [3.8, 4) is 0 Å². The highest BCUT2D eigenvalue weighted by molar-refractivity contribution is 5.84. The number of unbranched alkanes of at least 4 members (excludes halogenated alkanes) is 8. The fourth-order valence-electron chi connectivity index (χ4n) is 8.96. The van der Waals surface area contributed by atoms with E-state index in [2.05, 4.69) is 71.1 Å². The van der Waals surface area contributed by atoms with Crippen LogP contribution in [0.15, 0.2) is 141 Å². The molecule has 580 valence electrons. The Labute approximate surface area is 608 Å². The first-order valence-electron chi connectivity index (χ1n) is 33.2. The maximum absolute atomic E-state index is 13.9. The second-order valence-electron chi connectivity index (χ2n) is 23.9. The Hall–Kier alpha value is -10.8. The zero-order valence-electron chi connectivity index (χ0n) is 59.7. The highest BCUT2D eigenvalue weighted by atomic mass is 16.6. The van der Waals surface area contributed by atoms with Gasteiger partial charge in [0, 0.05) is 93.4 Å². The Balaban J connectivity index is 3.20. The standard InChI is InChI=1S/C72H98N4O29/c1-12-23-35-74-66(89)75(36-31-27-24-25-29-33-64(87)104-52-71(48-100-60(83)19-8,49-101-61(84)20-9)40-92-38-69(42-94-54(77)13-2,43-95-55(78)14-3)44-96-56(79)15-4)68(91)76(67(74)90)37-32-28-26-30-34-73-65(88)105-53-72(50-102-62(85)21-10,51-103-63(86)22-11)41-93-39-70(45-97-57(80)16-5,46-98-58(81)17-6)47-99-59(82)18-7/h13-22H,2-12,23-53H2,1H3,(H,73,88). The number of nitrogens with zero attached hydrogens (tertiary/aromatic N) is 3. The second-order valence-corrected chi connectivity index (χ2v) is 23.9. The summed E-state index contributed by atoms with van der Waals surface area (Å²) < 4.78 is 79.2. The number of alkyl carbamates (subject to hydrolysis) is 1. The summed E-state index contributed by atoms with van der Waals surface area (Å²) in [5.41, 5.74) is -8.86. The largest absolute Gasteiger partial charge is 0.465 e. The van der Waals surface area contributed by atoms with Gasteiger partial charge >= 0.3 is 88.8 Å². The quantitative estimate of drug-likeness (QED) is 0.0408. The van der Waals surface area contributed by atoms with Crippen LogP contribution in [-0.4, -0.2) is 198 Å². The van der Waals surface area contributed by atoms with Crippen molar-refractivity contribution >= 4 is 71.8 Å². The fourth-order valence-corrected chi connectivity index (χ4v) is 8.96. The molecule has 0 aliphatic rings. The average molecular weight is 1480 g/mol. The van der Waals surface area contributed by atoms with E-state index in [4.69, 9.17) is 66.3 Å². The minimum absolute atomic E-state index is 0.0280. The van der Waals surface area contributed by atoms with Crippen LogP contribution in [0, 0.1) is 21.7 Å². The topological polar surface area (TPSA) is 412 Å². The molecule has 33 nitrogen and oxygen atoms in total. The average Bonchev–Trinajstić information content (AvgIpc) is 0.785. The zero-order chi connectivity index (χ0) is 78.7. The number of amides is 1. The Bertz CT molecular complexity index is 3010. The molecular formula is C72H98N4O29. The Kier molecular flexibility index (Phi) is 45.1. The van der Waals surface area contributed by atoms with Gasteiger partial charge in [-0.05, 0) is 32.1 Å². The SMILES string of the molecule is C=CC(=O)OCC(COCC(COC(=O)C=C)(COC(=O)C=C)COC(=O)CCCCCCCn1c(=O)n(CCCC)c(=O)n(CCCCCCNC(=O)OCC(COCC(COC(=O)C=C)(COC(=O)C=C)COC(=O)C=C)(COC(=O)C=C)COC(=O)C=C)c1=O)(COC(=O)C=C)COC(=O)C=C. The molecule has 0 aromatic carbocycles. The predicted octanol–water partition coefficient (Wildman–Crippen LogP) is 4.41. The molecule has 0 saturated carbocycles. The van der Waals surface area contributed by atoms with Crippen LogP contribution in [0.3, 0.4) is 0 Å². The van der Waals surface area contributed by atoms with E-state index in [0.29, 0.717) is 70.6 Å². The number of hydrogen-bond donors (Lipinski definition) is 1. The van der Waals surface area contributed by atoms with Gasteiger partial charge in [-0.1, -0.05) is 111 Å². The van der Waals surface area contributed by atoms with Gasteiger partial charge in [0.25, 0.3) is 0 Å². The van der Waals surface area contributed by atoms with Crippen molar-refractivity contribution in [1.82, 2.24) is 19.0 Å². The molecule has 0 unspecified atom stereocenters. The maximum atomic E-state index is 13.9. The molecule has 0 saturated heterocycles. The van der Waals surface area contributed by atoms with Crippen molar-refractivity contribution < 1.29 is 124 Å². The summed E-state index contributed by atoms with van der Waals surface area (Å²) in [6.45, 7) is 26.5. The van der Waals surface area contributed by atoms with Gasteiger partial charge < -0.3 is 71.6 Å². The monoisotopic (exact) mass is 1480 g/mol. The first-order valence-corrected chi connectivity index (χ1v) is 33.2. The molecule has 0 aliphatic heterocycles. The van der Waals surface area contributed by atoms with Gasteiger partial charge in [-0.2, -0.15) is 0 Å². The Morgan fingerprint density at radius 2 is 0.514 bits per heavy atom. The molecule has 1 aromatic rings. The van der Waals surface area contributed by atoms with Crippen LogP contribution in [0.25, 0.3) is 0 Å². The van der Waals surface area contributed by atoms with Crippen LogP contribution in [0.5, 0.6) is 0 Å². The summed E-state index contributed by atoms with van der Waals surface area (Å²) in [5, 5.41) is 2.59. The lowest BCUT2D eigenvalue weighted by Crippen LogP contribution is -2.54. The first-order chi connectivity index (χ1) is 50.1. The van der Waals surface area contributed by atoms with Crippen molar-refractivity contribution in [1.29, 1.82) is 0 Å². The minimum Gasteiger partial charge on any atom is -0.465 e. The molecule has 1 rings (SSSR count). The molecule has 1 aromatic heterocycles. The van der Waals surface area contributed by atoms with Crippen molar-refractivity contribution in [2.45, 2.75) is 104 Å². The molecule has 0 fully saturated rings. The predicted molar refractivity (Wildman–Crippen MR) is 374 cm³/mol. The molecule has 105 heavy (non-hydrogen) atoms. The van der Waals surface area contributed by atoms with Crippen LogP contribution in [0.2, 0.25) is 0 Å². The maximum Gasteiger partial charge on any atom is 0.407 e. The van der Waals surface area contributed by atoms with E-state index in [-0.39, 0.29) is 32.6 Å². The van der Waals surface area contributed by atoms with Gasteiger partial charge in [-0.25, -0.2) is 80.8 Å². The van der Waals surface area contributed by atoms with E-state index in [1.165, 1.54) is 0 Å². The third-order valence-corrected chi connectivity index (χ3v) is 15.0. The number of ether oxygens (including phenoxy) is 14. The zero-order valence-corrected chi connectivity index (χ0v) is 59.7. The van der Waals surface area contributed by atoms with Crippen molar-refractivity contribution in [3.63, 3.8) is 0 Å². The van der Waals surface area contributed by atoms with Gasteiger partial charge in [0.15, 0.2) is 0 Å². The van der Waals surface area contributed by atoms with Crippen LogP contribution >= 0.6 is 0 Å². The van der Waals surface area contributed by atoms with E-state index in [1.54, 1.807) is 0 Å². The summed E-state index contributed by atoms with van der Waals surface area (Å²) in [6.07, 6.45) is 12.4. The van der Waals surface area contributed by atoms with E-state index in [9.17, 15) is 71.9 Å². The molecule has 0 radical (unpaired) electrons. The summed E-state index contributed by atoms with van der Waals surface area (Å²) in [6, 6.07) is 0. The van der Waals surface area contributed by atoms with Gasteiger partial charge in [0.2, 0.25) is 0 Å². The highest BCUT2D eigenvalue weighted by Crippen LogP contribution is 2.29. The van der Waals surface area contributed by atoms with E-state index < -0.39 is 216 Å². The third-order valence-electron chi connectivity index (χ3n) is 15.0. The smallest absolute Gasteiger partial charge is 0.407 e. The number of rotatable bonds is 60. The lowest BCUT2D eigenvalue weighted by Gasteiger charge is -2.35. The number of aromatic nitrogens is 3. The molecular weight excluding hydrogens is 1380 g/mol. The number of hydrogen-bond acceptors (Lipinski definition) is 29. The van der Waals surface area contributed by atoms with Crippen LogP contribution in [0.1, 0.15) is 84.0 Å². The molecule has 1 heterocycles. The normalized spacial score (nSPS) is 11.1. The fraction of sp³-hybridized carbons (Fsp3) is 0.514. The molecule has 0 atom stereocenters. The molecule has 33 heteroatoms. The molecule has 0 bridgehead atoms. The number of nitrogens with one attached hydrogen (secondary N) is 1. The van der Waals surface area contributed by atoms with Gasteiger partial charge in [-0.3, -0.25) is 4.79 Å². The van der Waals surface area contributed by atoms with E-state index in [0.717, 1.165) is 74.5 Å². The highest BCUT2D eigenvalue weighted by Gasteiger charge is 2.43. The number of carbonyl (C=O) groups is 12. The third kappa shape index (κ3) is 36.7. The molecule has 0 aliphatic carbocycles. The van der Waals surface area contributed by atoms with Gasteiger partial charge in [-0.15, -0.1) is 0 Å². The summed E-state index contributed by atoms with van der Waals surface area (Å²) >= 11 is 0. The molecule has 1 amide bonds. The lowest BCUT2D eigenvalue weighted by atomic mass is 9.90. The second kappa shape index (κ2) is 51.3. The van der Waals surface area contributed by atoms with Crippen molar-refractivity contribution in [2.75, 3.05) is 112 Å². The summed E-state index contributed by atoms with van der Waals surface area (Å²) in [5.74, 6) is -9.74. The van der Waals surface area contributed by atoms with Crippen LogP contribution < -0.4 is 22.4 Å². The van der Waals surface area contributed by atoms with Crippen LogP contribution in [0.4, 0.5) is 4.79 Å².